The van der Waals surface area contributed by atoms with E-state index in [1.165, 1.54) is 7.11 Å². The number of aliphatic carboxylic acids is 1. The normalized spacial score (nSPS) is 12.0. The number of methoxy groups -OCH3 is 1. The van der Waals surface area contributed by atoms with Crippen LogP contribution in [0.4, 0.5) is 0 Å². The average molecular weight is 302 g/mol. The number of rotatable bonds is 8. The van der Waals surface area contributed by atoms with Crippen LogP contribution in [0.15, 0.2) is 12.1 Å². The van der Waals surface area contributed by atoms with E-state index in [9.17, 15) is 9.90 Å². The monoisotopic (exact) mass is 301 g/mol. The molecule has 0 fully saturated rings. The zero-order chi connectivity index (χ0) is 15.1. The number of nitrogens with one attached hydrogen (secondary N) is 1. The Labute approximate surface area is 123 Å². The third kappa shape index (κ3) is 4.28. The largest absolute Gasteiger partial charge is 0.493 e. The van der Waals surface area contributed by atoms with Gasteiger partial charge in [-0.05, 0) is 19.5 Å². The second-order valence-corrected chi connectivity index (χ2v) is 4.80. The van der Waals surface area contributed by atoms with Crippen LogP contribution in [0, 0.1) is 0 Å². The summed E-state index contributed by atoms with van der Waals surface area (Å²) in [5, 5.41) is 12.7. The lowest BCUT2D eigenvalue weighted by Crippen LogP contribution is -2.27. The highest BCUT2D eigenvalue weighted by atomic mass is 35.5. The Hall–Kier alpha value is -1.46. The molecule has 0 aliphatic rings. The molecule has 2 N–H and O–H groups in total. The fourth-order valence-electron chi connectivity index (χ4n) is 1.87. The van der Waals surface area contributed by atoms with E-state index in [0.717, 1.165) is 5.56 Å². The Morgan fingerprint density at radius 1 is 1.50 bits per heavy atom. The van der Waals surface area contributed by atoms with Crippen molar-refractivity contribution in [1.82, 2.24) is 5.32 Å². The van der Waals surface area contributed by atoms with Crippen LogP contribution in [0.2, 0.25) is 5.02 Å². The first-order valence-electron chi connectivity index (χ1n) is 6.43. The fraction of sp³-hybridized carbons (Fsp3) is 0.500. The summed E-state index contributed by atoms with van der Waals surface area (Å²) in [7, 11) is 3.29. The van der Waals surface area contributed by atoms with Gasteiger partial charge in [0.2, 0.25) is 0 Å². The minimum atomic E-state index is -0.987. The molecule has 0 aliphatic heterocycles. The number of benzene rings is 1. The van der Waals surface area contributed by atoms with Crippen molar-refractivity contribution in [2.45, 2.75) is 32.4 Å². The van der Waals surface area contributed by atoms with Crippen molar-refractivity contribution in [2.75, 3.05) is 14.2 Å². The molecule has 0 aromatic heterocycles. The van der Waals surface area contributed by atoms with E-state index < -0.39 is 12.1 Å². The first-order valence-corrected chi connectivity index (χ1v) is 6.81. The van der Waals surface area contributed by atoms with Gasteiger partial charge in [0.1, 0.15) is 0 Å². The number of halogens is 1. The van der Waals surface area contributed by atoms with Gasteiger partial charge in [0, 0.05) is 23.2 Å². The number of carboxylic acids is 1. The highest BCUT2D eigenvalue weighted by molar-refractivity contribution is 6.30. The van der Waals surface area contributed by atoms with E-state index in [1.54, 1.807) is 19.2 Å². The highest BCUT2D eigenvalue weighted by Crippen LogP contribution is 2.35. The molecule has 0 saturated carbocycles. The Bertz CT molecular complexity index is 465. The first-order chi connectivity index (χ1) is 9.53. The van der Waals surface area contributed by atoms with E-state index in [4.69, 9.17) is 21.1 Å². The van der Waals surface area contributed by atoms with Crippen molar-refractivity contribution in [3.05, 3.63) is 22.7 Å². The maximum absolute atomic E-state index is 11.2. The van der Waals surface area contributed by atoms with E-state index in [2.05, 4.69) is 5.32 Å². The summed E-state index contributed by atoms with van der Waals surface area (Å²) in [4.78, 5) is 11.2. The number of carbonyl (C=O) groups is 1. The van der Waals surface area contributed by atoms with Gasteiger partial charge in [-0.15, -0.1) is 0 Å². The third-order valence-electron chi connectivity index (χ3n) is 2.77. The predicted octanol–water partition coefficient (Wildman–Crippen LogP) is 2.70. The summed E-state index contributed by atoms with van der Waals surface area (Å²) in [6.07, 6.45) is 0.250. The Balaban J connectivity index is 3.15. The molecule has 0 bridgehead atoms. The zero-order valence-electron chi connectivity index (χ0n) is 11.9. The van der Waals surface area contributed by atoms with Gasteiger partial charge in [-0.25, -0.2) is 4.79 Å². The SMILES string of the molecule is CCCC(Oc1c(CNC)cc(Cl)cc1OC)C(=O)O. The molecule has 1 atom stereocenters. The van der Waals surface area contributed by atoms with Gasteiger partial charge in [0.05, 0.1) is 7.11 Å². The van der Waals surface area contributed by atoms with Crippen molar-refractivity contribution < 1.29 is 19.4 Å². The summed E-state index contributed by atoms with van der Waals surface area (Å²) < 4.78 is 10.9. The van der Waals surface area contributed by atoms with Crippen molar-refractivity contribution in [3.8, 4) is 11.5 Å². The topological polar surface area (TPSA) is 67.8 Å². The molecule has 1 aromatic carbocycles. The quantitative estimate of drug-likeness (QED) is 0.773. The van der Waals surface area contributed by atoms with E-state index >= 15 is 0 Å². The lowest BCUT2D eigenvalue weighted by Gasteiger charge is -2.20. The fourth-order valence-corrected chi connectivity index (χ4v) is 2.10. The van der Waals surface area contributed by atoms with Gasteiger partial charge in [0.25, 0.3) is 0 Å². The summed E-state index contributed by atoms with van der Waals surface area (Å²) in [5.74, 6) is -0.128. The van der Waals surface area contributed by atoms with Gasteiger partial charge < -0.3 is 19.9 Å². The Kier molecular flexibility index (Phi) is 6.61. The Morgan fingerprint density at radius 2 is 2.20 bits per heavy atom. The second-order valence-electron chi connectivity index (χ2n) is 4.36. The molecular weight excluding hydrogens is 282 g/mol. The van der Waals surface area contributed by atoms with Crippen molar-refractivity contribution in [2.24, 2.45) is 0 Å². The van der Waals surface area contributed by atoms with Crippen LogP contribution in [0.3, 0.4) is 0 Å². The molecule has 1 aromatic rings. The van der Waals surface area contributed by atoms with Gasteiger partial charge in [-0.3, -0.25) is 0 Å². The van der Waals surface area contributed by atoms with Crippen molar-refractivity contribution in [3.63, 3.8) is 0 Å². The van der Waals surface area contributed by atoms with Crippen LogP contribution < -0.4 is 14.8 Å². The maximum atomic E-state index is 11.2. The van der Waals surface area contributed by atoms with Crippen molar-refractivity contribution in [1.29, 1.82) is 0 Å². The van der Waals surface area contributed by atoms with Crippen LogP contribution in [0.25, 0.3) is 0 Å². The van der Waals surface area contributed by atoms with Crippen LogP contribution in [0.5, 0.6) is 11.5 Å². The number of ether oxygens (including phenoxy) is 2. The first kappa shape index (κ1) is 16.6. The number of carboxylic acid groups (broad SMARTS) is 1. The standard InChI is InChI=1S/C14H20ClNO4/c1-4-5-11(14(17)18)20-13-9(8-16-2)6-10(15)7-12(13)19-3/h6-7,11,16H,4-5,8H2,1-3H3,(H,17,18). The van der Waals surface area contributed by atoms with Crippen LogP contribution >= 0.6 is 11.6 Å². The molecule has 0 amide bonds. The third-order valence-corrected chi connectivity index (χ3v) is 2.99. The highest BCUT2D eigenvalue weighted by Gasteiger charge is 2.22. The molecule has 1 unspecified atom stereocenters. The minimum Gasteiger partial charge on any atom is -0.493 e. The minimum absolute atomic E-state index is 0.423. The summed E-state index contributed by atoms with van der Waals surface area (Å²) >= 11 is 6.02. The molecule has 0 spiro atoms. The molecule has 0 radical (unpaired) electrons. The molecule has 0 saturated heterocycles. The average Bonchev–Trinajstić information content (AvgIpc) is 2.40. The molecule has 5 nitrogen and oxygen atoms in total. The van der Waals surface area contributed by atoms with Gasteiger partial charge >= 0.3 is 5.97 Å². The second kappa shape index (κ2) is 7.97. The van der Waals surface area contributed by atoms with Crippen molar-refractivity contribution >= 4 is 17.6 Å². The molecule has 0 heterocycles. The molecule has 112 valence electrons. The van der Waals surface area contributed by atoms with Gasteiger partial charge in [-0.1, -0.05) is 24.9 Å². The van der Waals surface area contributed by atoms with Crippen LogP contribution in [0.1, 0.15) is 25.3 Å². The summed E-state index contributed by atoms with van der Waals surface area (Å²) in [6, 6.07) is 3.35. The summed E-state index contributed by atoms with van der Waals surface area (Å²) in [6.45, 7) is 2.41. The summed E-state index contributed by atoms with van der Waals surface area (Å²) in [5.41, 5.74) is 0.763. The number of hydrogen-bond donors (Lipinski definition) is 2. The van der Waals surface area contributed by atoms with E-state index in [0.29, 0.717) is 35.9 Å². The van der Waals surface area contributed by atoms with E-state index in [1.807, 2.05) is 6.92 Å². The smallest absolute Gasteiger partial charge is 0.344 e. The zero-order valence-corrected chi connectivity index (χ0v) is 12.7. The molecule has 20 heavy (non-hydrogen) atoms. The van der Waals surface area contributed by atoms with Crippen LogP contribution in [-0.4, -0.2) is 31.3 Å². The molecular formula is C14H20ClNO4. The van der Waals surface area contributed by atoms with Gasteiger partial charge in [0.15, 0.2) is 17.6 Å². The van der Waals surface area contributed by atoms with E-state index in [-0.39, 0.29) is 0 Å². The lowest BCUT2D eigenvalue weighted by atomic mass is 10.1. The lowest BCUT2D eigenvalue weighted by molar-refractivity contribution is -0.145. The maximum Gasteiger partial charge on any atom is 0.344 e. The Morgan fingerprint density at radius 3 is 2.70 bits per heavy atom. The van der Waals surface area contributed by atoms with Crippen LogP contribution in [-0.2, 0) is 11.3 Å². The molecule has 0 aliphatic carbocycles. The van der Waals surface area contributed by atoms with Gasteiger partial charge in [-0.2, -0.15) is 0 Å². The molecule has 6 heteroatoms. The predicted molar refractivity (Wildman–Crippen MR) is 77.7 cm³/mol. The number of hydrogen-bond acceptors (Lipinski definition) is 4. The molecule has 1 rings (SSSR count).